The van der Waals surface area contributed by atoms with Crippen molar-refractivity contribution in [2.45, 2.75) is 32.7 Å². The van der Waals surface area contributed by atoms with Gasteiger partial charge in [0.05, 0.1) is 18.0 Å². The fraction of sp³-hybridized carbons (Fsp3) is 0.444. The molecule has 0 aliphatic heterocycles. The quantitative estimate of drug-likeness (QED) is 0.277. The van der Waals surface area contributed by atoms with Gasteiger partial charge in [-0.25, -0.2) is 4.68 Å². The summed E-state index contributed by atoms with van der Waals surface area (Å²) in [5.74, 6) is 0.469. The highest BCUT2D eigenvalue weighted by molar-refractivity contribution is 14.0. The monoisotopic (exact) mass is 457 g/mol. The molecule has 0 amide bonds. The minimum atomic E-state index is 0. The SMILES string of the molecule is COCC(C)NC(N)=NCCCc1cn(-c2ccccc2)nc1C.I. The number of rotatable bonds is 8. The number of guanidine groups is 1. The topological polar surface area (TPSA) is 77.5 Å². The van der Waals surface area contributed by atoms with Gasteiger partial charge in [-0.2, -0.15) is 5.10 Å². The summed E-state index contributed by atoms with van der Waals surface area (Å²) in [7, 11) is 1.67. The Kier molecular flexibility index (Phi) is 9.51. The number of hydrogen-bond acceptors (Lipinski definition) is 3. The molecule has 0 aliphatic rings. The molecule has 0 saturated carbocycles. The van der Waals surface area contributed by atoms with E-state index in [1.165, 1.54) is 5.56 Å². The van der Waals surface area contributed by atoms with Crippen molar-refractivity contribution in [2.75, 3.05) is 20.3 Å². The van der Waals surface area contributed by atoms with Crippen molar-refractivity contribution in [3.05, 3.63) is 47.8 Å². The van der Waals surface area contributed by atoms with E-state index in [2.05, 4.69) is 21.6 Å². The normalized spacial score (nSPS) is 12.5. The maximum Gasteiger partial charge on any atom is 0.188 e. The zero-order valence-electron chi connectivity index (χ0n) is 15.1. The number of hydrogen-bond donors (Lipinski definition) is 2. The van der Waals surface area contributed by atoms with Crippen LogP contribution in [0.25, 0.3) is 5.69 Å². The summed E-state index contributed by atoms with van der Waals surface area (Å²) >= 11 is 0. The molecule has 7 heteroatoms. The van der Waals surface area contributed by atoms with E-state index >= 15 is 0 Å². The zero-order chi connectivity index (χ0) is 17.4. The Balaban J connectivity index is 0.00000312. The molecule has 0 saturated heterocycles. The first-order valence-electron chi connectivity index (χ1n) is 8.26. The van der Waals surface area contributed by atoms with Crippen LogP contribution in [0.2, 0.25) is 0 Å². The summed E-state index contributed by atoms with van der Waals surface area (Å²) in [5.41, 5.74) is 9.24. The molecular weight excluding hydrogens is 429 g/mol. The molecule has 2 rings (SSSR count). The summed E-state index contributed by atoms with van der Waals surface area (Å²) in [6.07, 6.45) is 3.96. The Labute approximate surface area is 166 Å². The van der Waals surface area contributed by atoms with Gasteiger partial charge in [0.2, 0.25) is 0 Å². The van der Waals surface area contributed by atoms with Gasteiger partial charge in [0.25, 0.3) is 0 Å². The van der Waals surface area contributed by atoms with Crippen molar-refractivity contribution in [1.82, 2.24) is 15.1 Å². The van der Waals surface area contributed by atoms with Crippen molar-refractivity contribution in [1.29, 1.82) is 0 Å². The number of benzene rings is 1. The van der Waals surface area contributed by atoms with Gasteiger partial charge in [0, 0.05) is 25.9 Å². The first-order valence-corrected chi connectivity index (χ1v) is 8.26. The number of ether oxygens (including phenoxy) is 1. The molecule has 138 valence electrons. The number of aliphatic imine (C=N–C) groups is 1. The van der Waals surface area contributed by atoms with E-state index in [1.54, 1.807) is 7.11 Å². The average Bonchev–Trinajstić information content (AvgIpc) is 2.93. The third kappa shape index (κ3) is 7.03. The van der Waals surface area contributed by atoms with Crippen LogP contribution in [0.1, 0.15) is 24.6 Å². The van der Waals surface area contributed by atoms with Crippen molar-refractivity contribution >= 4 is 29.9 Å². The molecular formula is C18H28IN5O. The number of aromatic nitrogens is 2. The second-order valence-corrected chi connectivity index (χ2v) is 5.89. The Morgan fingerprint density at radius 1 is 1.36 bits per heavy atom. The molecule has 0 spiro atoms. The molecule has 0 fully saturated rings. The van der Waals surface area contributed by atoms with E-state index in [1.807, 2.05) is 48.9 Å². The van der Waals surface area contributed by atoms with Crippen LogP contribution in [0.15, 0.2) is 41.5 Å². The minimum absolute atomic E-state index is 0. The molecule has 0 radical (unpaired) electrons. The van der Waals surface area contributed by atoms with E-state index in [4.69, 9.17) is 10.5 Å². The van der Waals surface area contributed by atoms with Gasteiger partial charge < -0.3 is 15.8 Å². The molecule has 25 heavy (non-hydrogen) atoms. The average molecular weight is 457 g/mol. The fourth-order valence-corrected chi connectivity index (χ4v) is 2.51. The zero-order valence-corrected chi connectivity index (χ0v) is 17.4. The summed E-state index contributed by atoms with van der Waals surface area (Å²) in [6, 6.07) is 10.3. The molecule has 6 nitrogen and oxygen atoms in total. The fourth-order valence-electron chi connectivity index (χ4n) is 2.51. The number of methoxy groups -OCH3 is 1. The highest BCUT2D eigenvalue weighted by Crippen LogP contribution is 2.13. The van der Waals surface area contributed by atoms with Crippen LogP contribution in [0.3, 0.4) is 0 Å². The smallest absolute Gasteiger partial charge is 0.188 e. The predicted octanol–water partition coefficient (Wildman–Crippen LogP) is 2.67. The molecule has 0 aliphatic carbocycles. The molecule has 1 aromatic carbocycles. The van der Waals surface area contributed by atoms with Crippen LogP contribution >= 0.6 is 24.0 Å². The third-order valence-electron chi connectivity index (χ3n) is 3.72. The highest BCUT2D eigenvalue weighted by atomic mass is 127. The van der Waals surface area contributed by atoms with Gasteiger partial charge in [-0.3, -0.25) is 4.99 Å². The van der Waals surface area contributed by atoms with Crippen molar-refractivity contribution in [3.8, 4) is 5.69 Å². The van der Waals surface area contributed by atoms with Gasteiger partial charge in [-0.05, 0) is 44.4 Å². The van der Waals surface area contributed by atoms with Crippen molar-refractivity contribution in [3.63, 3.8) is 0 Å². The minimum Gasteiger partial charge on any atom is -0.383 e. The van der Waals surface area contributed by atoms with Crippen LogP contribution in [0.4, 0.5) is 0 Å². The number of nitrogens with two attached hydrogens (primary N) is 1. The van der Waals surface area contributed by atoms with Crippen LogP contribution < -0.4 is 11.1 Å². The Hall–Kier alpha value is -1.61. The maximum atomic E-state index is 5.86. The molecule has 1 aromatic heterocycles. The summed E-state index contributed by atoms with van der Waals surface area (Å²) in [5, 5.41) is 7.69. The largest absolute Gasteiger partial charge is 0.383 e. The van der Waals surface area contributed by atoms with Crippen LogP contribution in [0.5, 0.6) is 0 Å². The van der Waals surface area contributed by atoms with Crippen molar-refractivity contribution < 1.29 is 4.74 Å². The summed E-state index contributed by atoms with van der Waals surface area (Å²) < 4.78 is 6.98. The van der Waals surface area contributed by atoms with Gasteiger partial charge >= 0.3 is 0 Å². The van der Waals surface area contributed by atoms with E-state index in [-0.39, 0.29) is 30.0 Å². The summed E-state index contributed by atoms with van der Waals surface area (Å²) in [4.78, 5) is 4.36. The number of para-hydroxylation sites is 1. The van der Waals surface area contributed by atoms with Gasteiger partial charge in [-0.1, -0.05) is 18.2 Å². The van der Waals surface area contributed by atoms with Crippen LogP contribution in [-0.4, -0.2) is 42.0 Å². The highest BCUT2D eigenvalue weighted by Gasteiger charge is 2.06. The van der Waals surface area contributed by atoms with Crippen LogP contribution in [-0.2, 0) is 11.2 Å². The van der Waals surface area contributed by atoms with Crippen LogP contribution in [0, 0.1) is 6.92 Å². The van der Waals surface area contributed by atoms with Crippen molar-refractivity contribution in [2.24, 2.45) is 10.7 Å². The van der Waals surface area contributed by atoms with E-state index in [0.29, 0.717) is 19.1 Å². The molecule has 1 unspecified atom stereocenters. The van der Waals surface area contributed by atoms with Gasteiger partial charge in [0.15, 0.2) is 5.96 Å². The molecule has 1 heterocycles. The van der Waals surface area contributed by atoms with Gasteiger partial charge in [-0.15, -0.1) is 24.0 Å². The summed E-state index contributed by atoms with van der Waals surface area (Å²) in [6.45, 7) is 5.34. The maximum absolute atomic E-state index is 5.86. The molecule has 1 atom stereocenters. The number of aryl methyl sites for hydroxylation is 2. The number of nitrogens with zero attached hydrogens (tertiary/aromatic N) is 3. The molecule has 2 aromatic rings. The lowest BCUT2D eigenvalue weighted by molar-refractivity contribution is 0.179. The Morgan fingerprint density at radius 3 is 2.76 bits per heavy atom. The molecule has 0 bridgehead atoms. The lowest BCUT2D eigenvalue weighted by atomic mass is 10.1. The lowest BCUT2D eigenvalue weighted by Crippen LogP contribution is -2.40. The second-order valence-electron chi connectivity index (χ2n) is 5.89. The first-order chi connectivity index (χ1) is 11.6. The third-order valence-corrected chi connectivity index (χ3v) is 3.72. The lowest BCUT2D eigenvalue weighted by Gasteiger charge is -2.12. The van der Waals surface area contributed by atoms with E-state index in [9.17, 15) is 0 Å². The van der Waals surface area contributed by atoms with E-state index in [0.717, 1.165) is 24.2 Å². The standard InChI is InChI=1S/C18H27N5O.HI/c1-14(13-24-3)21-18(19)20-11-7-8-16-12-23(22-15(16)2)17-9-5-4-6-10-17;/h4-6,9-10,12,14H,7-8,11,13H2,1-3H3,(H3,19,20,21);1H. The predicted molar refractivity (Wildman–Crippen MR) is 113 cm³/mol. The Morgan fingerprint density at radius 2 is 2.08 bits per heavy atom. The Bertz CT molecular complexity index is 657. The second kappa shape index (κ2) is 11.1. The van der Waals surface area contributed by atoms with E-state index < -0.39 is 0 Å². The number of halogens is 1. The first kappa shape index (κ1) is 21.4. The molecule has 3 N–H and O–H groups in total. The number of nitrogens with one attached hydrogen (secondary N) is 1. The van der Waals surface area contributed by atoms with Gasteiger partial charge in [0.1, 0.15) is 0 Å².